The van der Waals surface area contributed by atoms with Crippen molar-refractivity contribution in [1.29, 1.82) is 0 Å². The van der Waals surface area contributed by atoms with E-state index >= 15 is 0 Å². The maximum atomic E-state index is 13.0. The predicted molar refractivity (Wildman–Crippen MR) is 133 cm³/mol. The second-order valence-electron chi connectivity index (χ2n) is 8.56. The van der Waals surface area contributed by atoms with Gasteiger partial charge < -0.3 is 29.0 Å². The topological polar surface area (TPSA) is 134 Å². The van der Waals surface area contributed by atoms with Crippen LogP contribution in [0.2, 0.25) is 0 Å². The smallest absolute Gasteiger partial charge is 0.357 e. The van der Waals surface area contributed by atoms with Crippen molar-refractivity contribution in [1.82, 2.24) is 0 Å². The van der Waals surface area contributed by atoms with Crippen molar-refractivity contribution in [2.45, 2.75) is 5.92 Å². The fraction of sp³-hybridized carbons (Fsp3) is 0.0385. The molecule has 10 heteroatoms. The third-order valence-corrected chi connectivity index (χ3v) is 8.61. The Morgan fingerprint density at radius 1 is 0.583 bits per heavy atom. The van der Waals surface area contributed by atoms with E-state index in [2.05, 4.69) is 0 Å². The lowest BCUT2D eigenvalue weighted by atomic mass is 9.81. The molecule has 0 spiro atoms. The summed E-state index contributed by atoms with van der Waals surface area (Å²) in [4.78, 5) is 41.9. The van der Waals surface area contributed by atoms with Gasteiger partial charge in [-0.2, -0.15) is 0 Å². The van der Waals surface area contributed by atoms with Crippen LogP contribution in [0.25, 0.3) is 0 Å². The Bertz CT molecular complexity index is 1590. The van der Waals surface area contributed by atoms with Gasteiger partial charge in [-0.05, 0) is 29.8 Å². The van der Waals surface area contributed by atoms with E-state index in [0.29, 0.717) is 33.9 Å². The molecule has 0 amide bonds. The molecule has 4 N–H and O–H groups in total. The molecule has 0 aromatic heterocycles. The average Bonchev–Trinajstić information content (AvgIpc) is 2.83. The SMILES string of the molecule is O=P(O)(O)c1c(C2c3ccccc3Oc3ccccc32)cc2c(c1P(=O)(O)O)[CH]c1ccccc1O2. The predicted octanol–water partition coefficient (Wildman–Crippen LogP) is 4.28. The maximum absolute atomic E-state index is 13.0. The Labute approximate surface area is 206 Å². The van der Waals surface area contributed by atoms with Crippen LogP contribution >= 0.6 is 15.2 Å². The molecule has 0 saturated carbocycles. The molecule has 4 aromatic rings. The lowest BCUT2D eigenvalue weighted by Crippen LogP contribution is -2.35. The summed E-state index contributed by atoms with van der Waals surface area (Å²) in [5.41, 5.74) is 1.71. The molecule has 6 rings (SSSR count). The lowest BCUT2D eigenvalue weighted by molar-refractivity contribution is 0.380. The van der Waals surface area contributed by atoms with Crippen molar-refractivity contribution in [3.8, 4) is 23.0 Å². The monoisotopic (exact) mass is 521 g/mol. The summed E-state index contributed by atoms with van der Waals surface area (Å²) in [6, 6.07) is 22.4. The molecule has 0 fully saturated rings. The van der Waals surface area contributed by atoms with Crippen molar-refractivity contribution in [2.75, 3.05) is 0 Å². The molecule has 0 aliphatic carbocycles. The van der Waals surface area contributed by atoms with E-state index in [4.69, 9.17) is 9.47 Å². The number of hydrogen-bond acceptors (Lipinski definition) is 4. The minimum absolute atomic E-state index is 0.0383. The molecule has 1 radical (unpaired) electrons. The molecule has 2 aliphatic heterocycles. The molecule has 0 atom stereocenters. The summed E-state index contributed by atoms with van der Waals surface area (Å²) < 4.78 is 37.9. The standard InChI is InChI=1S/C26H19O8P2/c27-35(28,29)25-18-13-15-7-1-4-10-20(15)33-23(18)14-19(26(25)36(30,31)32)24-16-8-2-5-11-21(16)34-22-12-6-3-9-17(22)24/h1-14,24H,(H2,27,28,29)(H2,30,31,32). The Balaban J connectivity index is 1.73. The molecular weight excluding hydrogens is 502 g/mol. The number of hydrogen-bond donors (Lipinski definition) is 4. The third-order valence-electron chi connectivity index (χ3n) is 6.32. The second-order valence-corrected chi connectivity index (χ2v) is 11.6. The maximum Gasteiger partial charge on any atom is 0.357 e. The number of para-hydroxylation sites is 3. The average molecular weight is 521 g/mol. The van der Waals surface area contributed by atoms with E-state index in [1.807, 2.05) is 0 Å². The molecule has 8 nitrogen and oxygen atoms in total. The second kappa shape index (κ2) is 8.15. The van der Waals surface area contributed by atoms with Gasteiger partial charge in [-0.25, -0.2) is 0 Å². The molecule has 0 saturated heterocycles. The Morgan fingerprint density at radius 3 is 1.67 bits per heavy atom. The van der Waals surface area contributed by atoms with Gasteiger partial charge in [0, 0.05) is 34.6 Å². The molecule has 4 aromatic carbocycles. The van der Waals surface area contributed by atoms with Gasteiger partial charge in [0.1, 0.15) is 23.0 Å². The lowest BCUT2D eigenvalue weighted by Gasteiger charge is -2.33. The summed E-state index contributed by atoms with van der Waals surface area (Å²) in [5, 5.41) is -1.44. The van der Waals surface area contributed by atoms with Gasteiger partial charge >= 0.3 is 15.2 Å². The molecule has 2 heterocycles. The fourth-order valence-corrected chi connectivity index (χ4v) is 7.53. The minimum atomic E-state index is -5.22. The zero-order chi connectivity index (χ0) is 25.2. The van der Waals surface area contributed by atoms with Crippen LogP contribution in [-0.2, 0) is 9.13 Å². The van der Waals surface area contributed by atoms with Gasteiger partial charge in [-0.3, -0.25) is 9.13 Å². The molecular formula is C26H19O8P2. The van der Waals surface area contributed by atoms with Crippen LogP contribution in [-0.4, -0.2) is 19.6 Å². The zero-order valence-corrected chi connectivity index (χ0v) is 20.3. The van der Waals surface area contributed by atoms with E-state index in [0.717, 1.165) is 0 Å². The molecule has 0 bridgehead atoms. The Morgan fingerprint density at radius 2 is 1.08 bits per heavy atom. The van der Waals surface area contributed by atoms with Crippen LogP contribution in [0.1, 0.15) is 33.7 Å². The van der Waals surface area contributed by atoms with Crippen molar-refractivity contribution in [3.05, 3.63) is 113 Å². The van der Waals surface area contributed by atoms with Crippen LogP contribution in [0.5, 0.6) is 23.0 Å². The molecule has 2 aliphatic rings. The van der Waals surface area contributed by atoms with E-state index in [1.54, 1.807) is 72.8 Å². The van der Waals surface area contributed by atoms with E-state index < -0.39 is 31.7 Å². The molecule has 0 unspecified atom stereocenters. The zero-order valence-electron chi connectivity index (χ0n) is 18.5. The fourth-order valence-electron chi connectivity index (χ4n) is 4.92. The third kappa shape index (κ3) is 3.71. The van der Waals surface area contributed by atoms with Crippen molar-refractivity contribution >= 4 is 25.8 Å². The highest BCUT2D eigenvalue weighted by atomic mass is 31.2. The Kier molecular flexibility index (Phi) is 5.25. The quantitative estimate of drug-likeness (QED) is 0.254. The first-order chi connectivity index (χ1) is 17.1. The van der Waals surface area contributed by atoms with E-state index in [-0.39, 0.29) is 16.9 Å². The largest absolute Gasteiger partial charge is 0.457 e. The normalized spacial score (nSPS) is 14.6. The van der Waals surface area contributed by atoms with Crippen molar-refractivity contribution in [3.63, 3.8) is 0 Å². The van der Waals surface area contributed by atoms with Gasteiger partial charge in [-0.1, -0.05) is 54.6 Å². The van der Waals surface area contributed by atoms with Crippen molar-refractivity contribution in [2.24, 2.45) is 0 Å². The van der Waals surface area contributed by atoms with Crippen LogP contribution in [0.15, 0.2) is 78.9 Å². The minimum Gasteiger partial charge on any atom is -0.457 e. The van der Waals surface area contributed by atoms with Crippen LogP contribution in [0.4, 0.5) is 0 Å². The number of ether oxygens (including phenoxy) is 2. The summed E-state index contributed by atoms with van der Waals surface area (Å²) in [6.45, 7) is 0. The van der Waals surface area contributed by atoms with Gasteiger partial charge in [-0.15, -0.1) is 0 Å². The summed E-state index contributed by atoms with van der Waals surface area (Å²) in [7, 11) is -10.4. The highest BCUT2D eigenvalue weighted by Crippen LogP contribution is 2.53. The first-order valence-electron chi connectivity index (χ1n) is 10.9. The number of fused-ring (bicyclic) bond motifs is 4. The first-order valence-corrected chi connectivity index (χ1v) is 14.2. The Hall–Kier alpha value is -3.22. The number of benzene rings is 4. The first kappa shape index (κ1) is 23.2. The molecule has 181 valence electrons. The highest BCUT2D eigenvalue weighted by molar-refractivity contribution is 7.67. The van der Waals surface area contributed by atoms with Gasteiger partial charge in [0.15, 0.2) is 0 Å². The van der Waals surface area contributed by atoms with Gasteiger partial charge in [0.25, 0.3) is 0 Å². The van der Waals surface area contributed by atoms with E-state index in [1.165, 1.54) is 12.5 Å². The van der Waals surface area contributed by atoms with Crippen LogP contribution in [0.3, 0.4) is 0 Å². The number of rotatable bonds is 3. The van der Waals surface area contributed by atoms with E-state index in [9.17, 15) is 28.7 Å². The summed E-state index contributed by atoms with van der Waals surface area (Å²) >= 11 is 0. The molecule has 36 heavy (non-hydrogen) atoms. The summed E-state index contributed by atoms with van der Waals surface area (Å²) in [5.74, 6) is 0.729. The summed E-state index contributed by atoms with van der Waals surface area (Å²) in [6.07, 6.45) is 1.48. The van der Waals surface area contributed by atoms with Crippen molar-refractivity contribution < 1.29 is 38.2 Å². The van der Waals surface area contributed by atoms with Crippen LogP contribution < -0.4 is 20.1 Å². The van der Waals surface area contributed by atoms with Crippen LogP contribution in [0, 0.1) is 6.42 Å². The van der Waals surface area contributed by atoms with Gasteiger partial charge in [0.05, 0.1) is 10.6 Å². The highest BCUT2D eigenvalue weighted by Gasteiger charge is 2.43. The van der Waals surface area contributed by atoms with Gasteiger partial charge in [0.2, 0.25) is 0 Å².